The molecule has 9 heteroatoms. The predicted octanol–water partition coefficient (Wildman–Crippen LogP) is 5.22. The zero-order valence-electron chi connectivity index (χ0n) is 22.3. The van der Waals surface area contributed by atoms with Gasteiger partial charge >= 0.3 is 0 Å². The molecule has 0 aliphatic carbocycles. The van der Waals surface area contributed by atoms with Gasteiger partial charge in [0.25, 0.3) is 5.56 Å². The summed E-state index contributed by atoms with van der Waals surface area (Å²) in [5, 5.41) is 14.3. The summed E-state index contributed by atoms with van der Waals surface area (Å²) < 4.78 is 7.04. The number of hydrogen-bond acceptors (Lipinski definition) is 6. The highest BCUT2D eigenvalue weighted by molar-refractivity contribution is 6.30. The monoisotopic (exact) mass is 542 g/mol. The molecule has 0 bridgehead atoms. The molecule has 2 aromatic heterocycles. The molecule has 0 fully saturated rings. The molecule has 1 N–H and O–H groups in total. The van der Waals surface area contributed by atoms with Crippen LogP contribution in [0.3, 0.4) is 0 Å². The van der Waals surface area contributed by atoms with Crippen LogP contribution in [-0.2, 0) is 24.4 Å². The number of halogens is 1. The van der Waals surface area contributed by atoms with Crippen LogP contribution in [-0.4, -0.2) is 43.8 Å². The van der Waals surface area contributed by atoms with Crippen LogP contribution in [0.2, 0.25) is 5.02 Å². The first kappa shape index (κ1) is 26.7. The second-order valence-corrected chi connectivity index (χ2v) is 10.2. The number of H-pyrrole nitrogens is 1. The topological polar surface area (TPSA) is 88.9 Å². The first-order valence-corrected chi connectivity index (χ1v) is 13.2. The Morgan fingerprint density at radius 2 is 1.72 bits per heavy atom. The molecule has 0 amide bonds. The highest BCUT2D eigenvalue weighted by atomic mass is 35.5. The van der Waals surface area contributed by atoms with Crippen molar-refractivity contribution >= 4 is 22.5 Å². The van der Waals surface area contributed by atoms with Gasteiger partial charge in [0.2, 0.25) is 0 Å². The smallest absolute Gasteiger partial charge is 0.253 e. The van der Waals surface area contributed by atoms with Crippen molar-refractivity contribution in [3.05, 3.63) is 122 Å². The van der Waals surface area contributed by atoms with Gasteiger partial charge in [0, 0.05) is 30.8 Å². The van der Waals surface area contributed by atoms with Crippen molar-refractivity contribution in [2.75, 3.05) is 13.7 Å². The molecule has 200 valence electrons. The highest BCUT2D eigenvalue weighted by Gasteiger charge is 2.31. The Morgan fingerprint density at radius 3 is 2.44 bits per heavy atom. The van der Waals surface area contributed by atoms with Gasteiger partial charge in [-0.15, -0.1) is 5.10 Å². The Bertz CT molecular complexity index is 1610. The molecule has 0 unspecified atom stereocenters. The highest BCUT2D eigenvalue weighted by Crippen LogP contribution is 2.31. The number of rotatable bonds is 10. The lowest BCUT2D eigenvalue weighted by Crippen LogP contribution is -2.35. The van der Waals surface area contributed by atoms with Crippen LogP contribution < -0.4 is 5.56 Å². The van der Waals surface area contributed by atoms with Crippen molar-refractivity contribution in [3.8, 4) is 0 Å². The zero-order chi connectivity index (χ0) is 27.4. The summed E-state index contributed by atoms with van der Waals surface area (Å²) in [4.78, 5) is 19.2. The first-order valence-electron chi connectivity index (χ1n) is 12.8. The normalized spacial score (nSPS) is 12.3. The number of aromatic nitrogens is 5. The standard InChI is InChI=1S/C30H31ClN6O2/c1-20-15-21(2)27-24(16-20)17-26(30(38)32-27)28(29-33-34-35-37(29)13-14-39-3)36(18-22-7-5-4-6-8-22)19-23-9-11-25(31)12-10-23/h4-12,15-17,28H,13-14,18-19H2,1-3H3,(H,32,38)/t28-/m0/s1. The third kappa shape index (κ3) is 6.09. The number of nitrogens with zero attached hydrogens (tertiary/aromatic N) is 5. The third-order valence-corrected chi connectivity index (χ3v) is 7.07. The maximum atomic E-state index is 13.8. The van der Waals surface area contributed by atoms with Gasteiger partial charge in [-0.1, -0.05) is 65.7 Å². The summed E-state index contributed by atoms with van der Waals surface area (Å²) in [7, 11) is 1.64. The maximum absolute atomic E-state index is 13.8. The minimum absolute atomic E-state index is 0.171. The average molecular weight is 543 g/mol. The van der Waals surface area contributed by atoms with E-state index in [2.05, 4.69) is 56.6 Å². The van der Waals surface area contributed by atoms with E-state index in [9.17, 15) is 4.79 Å². The molecule has 0 saturated carbocycles. The van der Waals surface area contributed by atoms with Gasteiger partial charge in [-0.2, -0.15) is 0 Å². The average Bonchev–Trinajstić information content (AvgIpc) is 3.38. The van der Waals surface area contributed by atoms with Gasteiger partial charge in [-0.25, -0.2) is 4.68 Å². The molecule has 5 aromatic rings. The van der Waals surface area contributed by atoms with E-state index in [1.165, 1.54) is 0 Å². The van der Waals surface area contributed by atoms with Crippen LogP contribution >= 0.6 is 11.6 Å². The second-order valence-electron chi connectivity index (χ2n) is 9.77. The molecule has 39 heavy (non-hydrogen) atoms. The van der Waals surface area contributed by atoms with Crippen LogP contribution in [0.5, 0.6) is 0 Å². The Morgan fingerprint density at radius 1 is 1.00 bits per heavy atom. The number of aromatic amines is 1. The number of ether oxygens (including phenoxy) is 1. The van der Waals surface area contributed by atoms with E-state index < -0.39 is 6.04 Å². The van der Waals surface area contributed by atoms with Gasteiger partial charge in [0.05, 0.1) is 18.7 Å². The number of fused-ring (bicyclic) bond motifs is 1. The van der Waals surface area contributed by atoms with Crippen molar-refractivity contribution in [2.45, 2.75) is 39.5 Å². The lowest BCUT2D eigenvalue weighted by molar-refractivity contribution is 0.169. The number of pyridine rings is 1. The molecule has 8 nitrogen and oxygen atoms in total. The second kappa shape index (κ2) is 11.9. The predicted molar refractivity (Wildman–Crippen MR) is 153 cm³/mol. The fourth-order valence-electron chi connectivity index (χ4n) is 5.03. The molecule has 0 saturated heterocycles. The number of tetrazole rings is 1. The Kier molecular flexibility index (Phi) is 8.16. The van der Waals surface area contributed by atoms with E-state index in [1.807, 2.05) is 55.5 Å². The van der Waals surface area contributed by atoms with E-state index in [4.69, 9.17) is 16.3 Å². The zero-order valence-corrected chi connectivity index (χ0v) is 23.0. The Hall–Kier alpha value is -3.85. The quantitative estimate of drug-likeness (QED) is 0.260. The summed E-state index contributed by atoms with van der Waals surface area (Å²) in [6.07, 6.45) is 0. The van der Waals surface area contributed by atoms with Crippen molar-refractivity contribution < 1.29 is 4.74 Å². The lowest BCUT2D eigenvalue weighted by atomic mass is 9.99. The van der Waals surface area contributed by atoms with Gasteiger partial charge in [-0.05, 0) is 70.6 Å². The van der Waals surface area contributed by atoms with Crippen molar-refractivity contribution in [1.29, 1.82) is 0 Å². The third-order valence-electron chi connectivity index (χ3n) is 6.82. The van der Waals surface area contributed by atoms with E-state index in [1.54, 1.807) is 11.8 Å². The van der Waals surface area contributed by atoms with E-state index in [-0.39, 0.29) is 5.56 Å². The molecular formula is C30H31ClN6O2. The molecule has 3 aromatic carbocycles. The van der Waals surface area contributed by atoms with Crippen molar-refractivity contribution in [3.63, 3.8) is 0 Å². The molecule has 1 atom stereocenters. The summed E-state index contributed by atoms with van der Waals surface area (Å²) in [6.45, 7) is 6.07. The Labute approximate surface area is 232 Å². The summed E-state index contributed by atoms with van der Waals surface area (Å²) in [5.74, 6) is 0.575. The van der Waals surface area contributed by atoms with Crippen LogP contribution in [0, 0.1) is 13.8 Å². The fourth-order valence-corrected chi connectivity index (χ4v) is 5.16. The minimum atomic E-state index is -0.540. The van der Waals surface area contributed by atoms with Gasteiger partial charge in [0.1, 0.15) is 6.04 Å². The molecule has 0 aliphatic rings. The van der Waals surface area contributed by atoms with Crippen LogP contribution in [0.1, 0.15) is 39.7 Å². The number of aryl methyl sites for hydroxylation is 2. The van der Waals surface area contributed by atoms with E-state index >= 15 is 0 Å². The SMILES string of the molecule is COCCn1nnnc1[C@H](c1cc2cc(C)cc(C)c2[nH]c1=O)N(Cc1ccccc1)Cc1ccc(Cl)cc1. The molecule has 0 aliphatic heterocycles. The molecule has 0 spiro atoms. The number of benzene rings is 3. The largest absolute Gasteiger partial charge is 0.383 e. The lowest BCUT2D eigenvalue weighted by Gasteiger charge is -2.31. The van der Waals surface area contributed by atoms with Gasteiger partial charge < -0.3 is 9.72 Å². The van der Waals surface area contributed by atoms with E-state index in [0.29, 0.717) is 42.7 Å². The summed E-state index contributed by atoms with van der Waals surface area (Å²) in [6, 6.07) is 23.6. The molecule has 5 rings (SSSR count). The number of nitrogens with one attached hydrogen (secondary N) is 1. The summed E-state index contributed by atoms with van der Waals surface area (Å²) >= 11 is 6.19. The molecule has 2 heterocycles. The molecular weight excluding hydrogens is 512 g/mol. The molecule has 0 radical (unpaired) electrons. The first-order chi connectivity index (χ1) is 18.9. The Balaban J connectivity index is 1.70. The van der Waals surface area contributed by atoms with Crippen LogP contribution in [0.15, 0.2) is 77.6 Å². The van der Waals surface area contributed by atoms with Crippen molar-refractivity contribution in [1.82, 2.24) is 30.1 Å². The van der Waals surface area contributed by atoms with E-state index in [0.717, 1.165) is 33.2 Å². The number of hydrogen-bond donors (Lipinski definition) is 1. The fraction of sp³-hybridized carbons (Fsp3) is 0.267. The van der Waals surface area contributed by atoms with Crippen LogP contribution in [0.25, 0.3) is 10.9 Å². The van der Waals surface area contributed by atoms with Gasteiger partial charge in [-0.3, -0.25) is 9.69 Å². The summed E-state index contributed by atoms with van der Waals surface area (Å²) in [5.41, 5.74) is 5.55. The van der Waals surface area contributed by atoms with Crippen molar-refractivity contribution in [2.24, 2.45) is 0 Å². The van der Waals surface area contributed by atoms with Gasteiger partial charge in [0.15, 0.2) is 5.82 Å². The van der Waals surface area contributed by atoms with Crippen LogP contribution in [0.4, 0.5) is 0 Å². The minimum Gasteiger partial charge on any atom is -0.383 e. The maximum Gasteiger partial charge on any atom is 0.253 e. The number of methoxy groups -OCH3 is 1.